The quantitative estimate of drug-likeness (QED) is 0.761. The van der Waals surface area contributed by atoms with Gasteiger partial charge >= 0.3 is 5.97 Å². The number of aromatic carboxylic acids is 1. The van der Waals surface area contributed by atoms with Gasteiger partial charge in [-0.2, -0.15) is 4.98 Å². The van der Waals surface area contributed by atoms with Gasteiger partial charge in [-0.1, -0.05) is 0 Å². The summed E-state index contributed by atoms with van der Waals surface area (Å²) < 4.78 is 4.96. The van der Waals surface area contributed by atoms with Crippen LogP contribution in [0.3, 0.4) is 0 Å². The molecule has 1 aromatic carbocycles. The van der Waals surface area contributed by atoms with Crippen molar-refractivity contribution in [3.63, 3.8) is 0 Å². The lowest BCUT2D eigenvalue weighted by atomic mass is 10.2. The molecule has 0 spiro atoms. The van der Waals surface area contributed by atoms with Crippen molar-refractivity contribution in [1.82, 2.24) is 4.98 Å². The molecular weight excluding hydrogens is 194 g/mol. The van der Waals surface area contributed by atoms with Crippen molar-refractivity contribution >= 4 is 28.7 Å². The van der Waals surface area contributed by atoms with Crippen molar-refractivity contribution in [3.05, 3.63) is 29.1 Å². The van der Waals surface area contributed by atoms with E-state index in [0.717, 1.165) is 0 Å². The molecule has 0 atom stereocenters. The van der Waals surface area contributed by atoms with E-state index in [1.165, 1.54) is 18.2 Å². The van der Waals surface area contributed by atoms with E-state index in [0.29, 0.717) is 11.1 Å². The highest BCUT2D eigenvalue weighted by Gasteiger charge is 2.07. The maximum atomic E-state index is 10.6. The van der Waals surface area contributed by atoms with Crippen LogP contribution in [0.1, 0.15) is 10.4 Å². The van der Waals surface area contributed by atoms with Crippen LogP contribution >= 0.6 is 11.6 Å². The van der Waals surface area contributed by atoms with Gasteiger partial charge in [-0.3, -0.25) is 0 Å². The molecule has 13 heavy (non-hydrogen) atoms. The van der Waals surface area contributed by atoms with E-state index < -0.39 is 5.97 Å². The molecule has 2 rings (SSSR count). The van der Waals surface area contributed by atoms with Crippen LogP contribution in [0.4, 0.5) is 0 Å². The van der Waals surface area contributed by atoms with Gasteiger partial charge in [0.25, 0.3) is 5.35 Å². The van der Waals surface area contributed by atoms with Gasteiger partial charge in [-0.15, -0.1) is 0 Å². The summed E-state index contributed by atoms with van der Waals surface area (Å²) in [5, 5.41) is 8.67. The Bertz CT molecular complexity index is 477. The topological polar surface area (TPSA) is 63.3 Å². The van der Waals surface area contributed by atoms with Crippen LogP contribution in [0.5, 0.6) is 0 Å². The molecule has 0 radical (unpaired) electrons. The van der Waals surface area contributed by atoms with Crippen molar-refractivity contribution in [2.45, 2.75) is 0 Å². The van der Waals surface area contributed by atoms with Gasteiger partial charge in [-0.25, -0.2) is 4.79 Å². The molecule has 0 fully saturated rings. The Balaban J connectivity index is 2.67. The summed E-state index contributed by atoms with van der Waals surface area (Å²) in [4.78, 5) is 14.4. The van der Waals surface area contributed by atoms with Crippen molar-refractivity contribution in [2.75, 3.05) is 0 Å². The van der Waals surface area contributed by atoms with E-state index in [1.54, 1.807) is 0 Å². The molecule has 1 aromatic heterocycles. The Hall–Kier alpha value is -1.55. The molecule has 66 valence electrons. The molecule has 0 aliphatic heterocycles. The molecule has 2 aromatic rings. The van der Waals surface area contributed by atoms with E-state index in [4.69, 9.17) is 21.1 Å². The fourth-order valence-electron chi connectivity index (χ4n) is 1.03. The molecule has 0 aliphatic carbocycles. The van der Waals surface area contributed by atoms with E-state index in [1.807, 2.05) is 0 Å². The molecule has 5 heteroatoms. The molecular formula is C8H4ClNO3. The van der Waals surface area contributed by atoms with Crippen molar-refractivity contribution in [3.8, 4) is 0 Å². The zero-order chi connectivity index (χ0) is 9.42. The maximum absolute atomic E-state index is 10.6. The normalized spacial score (nSPS) is 10.5. The van der Waals surface area contributed by atoms with Gasteiger partial charge in [0.2, 0.25) is 0 Å². The summed E-state index contributed by atoms with van der Waals surface area (Å²) in [5.41, 5.74) is 1.09. The predicted molar refractivity (Wildman–Crippen MR) is 46.0 cm³/mol. The molecule has 0 unspecified atom stereocenters. The average molecular weight is 198 g/mol. The fraction of sp³-hybridized carbons (Fsp3) is 0. The number of oxazole rings is 1. The second kappa shape index (κ2) is 2.74. The van der Waals surface area contributed by atoms with Gasteiger partial charge in [0, 0.05) is 0 Å². The predicted octanol–water partition coefficient (Wildman–Crippen LogP) is 2.18. The average Bonchev–Trinajstić information content (AvgIpc) is 2.42. The van der Waals surface area contributed by atoms with Crippen LogP contribution in [0.25, 0.3) is 11.1 Å². The number of carboxylic acids is 1. The Morgan fingerprint density at radius 2 is 2.31 bits per heavy atom. The monoisotopic (exact) mass is 197 g/mol. The number of benzene rings is 1. The largest absolute Gasteiger partial charge is 0.478 e. The SMILES string of the molecule is O=C(O)c1ccc2oc(Cl)nc2c1. The number of carbonyl (C=O) groups is 1. The van der Waals surface area contributed by atoms with Crippen molar-refractivity contribution in [1.29, 1.82) is 0 Å². The highest BCUT2D eigenvalue weighted by Crippen LogP contribution is 2.19. The lowest BCUT2D eigenvalue weighted by Crippen LogP contribution is -1.94. The number of rotatable bonds is 1. The third-order valence-corrected chi connectivity index (χ3v) is 1.77. The maximum Gasteiger partial charge on any atom is 0.335 e. The van der Waals surface area contributed by atoms with E-state index >= 15 is 0 Å². The Kier molecular flexibility index (Phi) is 1.70. The van der Waals surface area contributed by atoms with Crippen molar-refractivity contribution in [2.24, 2.45) is 0 Å². The van der Waals surface area contributed by atoms with E-state index in [-0.39, 0.29) is 10.9 Å². The lowest BCUT2D eigenvalue weighted by Gasteiger charge is -1.90. The molecule has 0 saturated carbocycles. The van der Waals surface area contributed by atoms with Crippen LogP contribution in [0, 0.1) is 0 Å². The summed E-state index contributed by atoms with van der Waals surface area (Å²) in [7, 11) is 0. The summed E-state index contributed by atoms with van der Waals surface area (Å²) in [5.74, 6) is -0.999. The minimum atomic E-state index is -0.999. The highest BCUT2D eigenvalue weighted by molar-refractivity contribution is 6.28. The molecule has 0 bridgehead atoms. The first-order valence-corrected chi connectivity index (χ1v) is 3.84. The molecule has 0 aliphatic rings. The zero-order valence-electron chi connectivity index (χ0n) is 6.32. The van der Waals surface area contributed by atoms with Crippen LogP contribution in [0.15, 0.2) is 22.6 Å². The number of nitrogens with zero attached hydrogens (tertiary/aromatic N) is 1. The minimum Gasteiger partial charge on any atom is -0.478 e. The zero-order valence-corrected chi connectivity index (χ0v) is 7.08. The van der Waals surface area contributed by atoms with Crippen LogP contribution < -0.4 is 0 Å². The minimum absolute atomic E-state index is 0.0116. The van der Waals surface area contributed by atoms with Gasteiger partial charge in [0.1, 0.15) is 5.52 Å². The van der Waals surface area contributed by atoms with Gasteiger partial charge < -0.3 is 9.52 Å². The Labute approximate surface area is 77.8 Å². The number of fused-ring (bicyclic) bond motifs is 1. The van der Waals surface area contributed by atoms with E-state index in [2.05, 4.69) is 4.98 Å². The smallest absolute Gasteiger partial charge is 0.335 e. The first-order valence-electron chi connectivity index (χ1n) is 3.46. The summed E-state index contributed by atoms with van der Waals surface area (Å²) in [6.07, 6.45) is 0. The third kappa shape index (κ3) is 1.36. The number of carboxylic acid groups (broad SMARTS) is 1. The molecule has 4 nitrogen and oxygen atoms in total. The third-order valence-electron chi connectivity index (χ3n) is 1.61. The van der Waals surface area contributed by atoms with Crippen LogP contribution in [-0.4, -0.2) is 16.1 Å². The van der Waals surface area contributed by atoms with Gasteiger partial charge in [0.05, 0.1) is 5.56 Å². The number of hydrogen-bond acceptors (Lipinski definition) is 3. The number of aromatic nitrogens is 1. The highest BCUT2D eigenvalue weighted by atomic mass is 35.5. The van der Waals surface area contributed by atoms with Crippen LogP contribution in [0.2, 0.25) is 5.35 Å². The summed E-state index contributed by atoms with van der Waals surface area (Å²) in [6.45, 7) is 0. The Morgan fingerprint density at radius 3 is 3.00 bits per heavy atom. The van der Waals surface area contributed by atoms with E-state index in [9.17, 15) is 4.79 Å². The summed E-state index contributed by atoms with van der Waals surface area (Å²) in [6, 6.07) is 4.37. The molecule has 1 heterocycles. The molecule has 0 amide bonds. The fourth-order valence-corrected chi connectivity index (χ4v) is 1.21. The summed E-state index contributed by atoms with van der Waals surface area (Å²) >= 11 is 5.49. The standard InChI is InChI=1S/C8H4ClNO3/c9-8-10-5-3-4(7(11)12)1-2-6(5)13-8/h1-3H,(H,11,12). The van der Waals surface area contributed by atoms with Crippen molar-refractivity contribution < 1.29 is 14.3 Å². The first kappa shape index (κ1) is 8.07. The number of halogens is 1. The second-order valence-corrected chi connectivity index (χ2v) is 2.78. The lowest BCUT2D eigenvalue weighted by molar-refractivity contribution is 0.0697. The molecule has 1 N–H and O–H groups in total. The van der Waals surface area contributed by atoms with Gasteiger partial charge in [0.15, 0.2) is 5.58 Å². The Morgan fingerprint density at radius 1 is 1.54 bits per heavy atom. The van der Waals surface area contributed by atoms with Crippen LogP contribution in [-0.2, 0) is 0 Å². The van der Waals surface area contributed by atoms with Gasteiger partial charge in [-0.05, 0) is 29.8 Å². The molecule has 0 saturated heterocycles. The first-order chi connectivity index (χ1) is 6.16. The second-order valence-electron chi connectivity index (χ2n) is 2.45. The number of hydrogen-bond donors (Lipinski definition) is 1.